The Balaban J connectivity index is 0.00000242. The molecule has 4 nitrogen and oxygen atoms in total. The predicted molar refractivity (Wildman–Crippen MR) is 84.2 cm³/mol. The van der Waals surface area contributed by atoms with Gasteiger partial charge in [0.25, 0.3) is 0 Å². The van der Waals surface area contributed by atoms with Crippen LogP contribution in [0.4, 0.5) is 0 Å². The molecule has 114 valence electrons. The zero-order valence-corrected chi connectivity index (χ0v) is 16.5. The van der Waals surface area contributed by atoms with Gasteiger partial charge in [-0.25, -0.2) is 0 Å². The Bertz CT molecular complexity index is 515. The van der Waals surface area contributed by atoms with Crippen LogP contribution in [0.5, 0.6) is 0 Å². The maximum atomic E-state index is 12.3. The summed E-state index contributed by atoms with van der Waals surface area (Å²) in [5.74, 6) is -1.21. The number of carboxylic acids is 1. The van der Waals surface area contributed by atoms with E-state index in [1.807, 2.05) is 30.3 Å². The summed E-state index contributed by atoms with van der Waals surface area (Å²) >= 11 is 5.72. The SMILES string of the molecule is C[C@H](CS)C(=O)N1C[C@@H](Sc2ccccc2)C[C@H]1C(=O)[O-].[Na+]. The van der Waals surface area contributed by atoms with Crippen LogP contribution >= 0.6 is 24.4 Å². The van der Waals surface area contributed by atoms with Crippen molar-refractivity contribution in [3.63, 3.8) is 0 Å². The van der Waals surface area contributed by atoms with Crippen molar-refractivity contribution in [2.24, 2.45) is 5.92 Å². The molecule has 7 heteroatoms. The van der Waals surface area contributed by atoms with Crippen LogP contribution in [-0.4, -0.2) is 40.4 Å². The average molecular weight is 347 g/mol. The van der Waals surface area contributed by atoms with E-state index in [2.05, 4.69) is 12.6 Å². The molecule has 0 bridgehead atoms. The van der Waals surface area contributed by atoms with E-state index in [4.69, 9.17) is 0 Å². The van der Waals surface area contributed by atoms with Gasteiger partial charge in [0.2, 0.25) is 5.91 Å². The number of aliphatic carboxylic acids is 1. The van der Waals surface area contributed by atoms with Crippen LogP contribution in [0.1, 0.15) is 13.3 Å². The molecule has 0 aliphatic carbocycles. The molecule has 0 saturated carbocycles. The Hall–Kier alpha value is -0.140. The van der Waals surface area contributed by atoms with Gasteiger partial charge in [0.05, 0.1) is 12.0 Å². The fraction of sp³-hybridized carbons (Fsp3) is 0.467. The van der Waals surface area contributed by atoms with Gasteiger partial charge in [0.1, 0.15) is 0 Å². The van der Waals surface area contributed by atoms with E-state index in [-0.39, 0.29) is 46.6 Å². The molecule has 1 aliphatic rings. The van der Waals surface area contributed by atoms with E-state index >= 15 is 0 Å². The van der Waals surface area contributed by atoms with Gasteiger partial charge >= 0.3 is 29.6 Å². The van der Waals surface area contributed by atoms with Crippen molar-refractivity contribution in [3.8, 4) is 0 Å². The summed E-state index contributed by atoms with van der Waals surface area (Å²) in [4.78, 5) is 26.1. The Kier molecular flexibility index (Phi) is 8.35. The van der Waals surface area contributed by atoms with Crippen molar-refractivity contribution in [2.45, 2.75) is 29.5 Å². The zero-order chi connectivity index (χ0) is 15.4. The second-order valence-corrected chi connectivity index (χ2v) is 6.94. The van der Waals surface area contributed by atoms with Crippen molar-refractivity contribution < 1.29 is 44.3 Å². The van der Waals surface area contributed by atoms with E-state index in [0.717, 1.165) is 4.90 Å². The van der Waals surface area contributed by atoms with Gasteiger partial charge < -0.3 is 14.8 Å². The first kappa shape index (κ1) is 19.9. The van der Waals surface area contributed by atoms with E-state index in [1.165, 1.54) is 4.90 Å². The van der Waals surface area contributed by atoms with Crippen LogP contribution in [0.3, 0.4) is 0 Å². The molecule has 0 spiro atoms. The van der Waals surface area contributed by atoms with Crippen molar-refractivity contribution in [1.29, 1.82) is 0 Å². The van der Waals surface area contributed by atoms with E-state index in [1.54, 1.807) is 18.7 Å². The summed E-state index contributed by atoms with van der Waals surface area (Å²) in [6, 6.07) is 8.96. The molecule has 1 saturated heterocycles. The summed E-state index contributed by atoms with van der Waals surface area (Å²) in [6.07, 6.45) is 0.424. The quantitative estimate of drug-likeness (QED) is 0.498. The summed E-state index contributed by atoms with van der Waals surface area (Å²) in [6.45, 7) is 2.20. The fourth-order valence-electron chi connectivity index (χ4n) is 2.40. The molecule has 1 heterocycles. The second-order valence-electron chi connectivity index (χ2n) is 5.20. The number of carboxylic acid groups (broad SMARTS) is 1. The molecule has 0 unspecified atom stereocenters. The van der Waals surface area contributed by atoms with Crippen LogP contribution in [0.15, 0.2) is 35.2 Å². The smallest absolute Gasteiger partial charge is 0.548 e. The molecule has 3 atom stereocenters. The maximum Gasteiger partial charge on any atom is 1.00 e. The van der Waals surface area contributed by atoms with Crippen LogP contribution in [0.2, 0.25) is 0 Å². The molecule has 0 aromatic heterocycles. The van der Waals surface area contributed by atoms with Gasteiger partial charge in [0.15, 0.2) is 0 Å². The number of amides is 1. The normalized spacial score (nSPS) is 22.0. The van der Waals surface area contributed by atoms with Gasteiger partial charge in [-0.05, 0) is 18.6 Å². The molecule has 1 aromatic carbocycles. The predicted octanol–water partition coefficient (Wildman–Crippen LogP) is -1.93. The average Bonchev–Trinajstić information content (AvgIpc) is 2.90. The third-order valence-corrected chi connectivity index (χ3v) is 5.33. The molecule has 1 aromatic rings. The fourth-order valence-corrected chi connectivity index (χ4v) is 3.77. The number of rotatable bonds is 5. The number of thiol groups is 1. The second kappa shape index (κ2) is 9.23. The van der Waals surface area contributed by atoms with Crippen molar-refractivity contribution in [3.05, 3.63) is 30.3 Å². The van der Waals surface area contributed by atoms with Gasteiger partial charge in [-0.2, -0.15) is 12.6 Å². The molecule has 22 heavy (non-hydrogen) atoms. The minimum atomic E-state index is -1.18. The van der Waals surface area contributed by atoms with Crippen LogP contribution < -0.4 is 34.7 Å². The topological polar surface area (TPSA) is 60.4 Å². The third-order valence-electron chi connectivity index (χ3n) is 3.56. The largest absolute Gasteiger partial charge is 1.00 e. The molecular weight excluding hydrogens is 329 g/mol. The molecular formula is C15H18NNaO3S2. The van der Waals surface area contributed by atoms with E-state index in [0.29, 0.717) is 18.7 Å². The Morgan fingerprint density at radius 3 is 2.59 bits per heavy atom. The first-order chi connectivity index (χ1) is 10.0. The van der Waals surface area contributed by atoms with Crippen LogP contribution in [0, 0.1) is 5.92 Å². The number of carbonyl (C=O) groups excluding carboxylic acids is 2. The first-order valence-corrected chi connectivity index (χ1v) is 8.38. The van der Waals surface area contributed by atoms with Gasteiger partial charge in [-0.1, -0.05) is 25.1 Å². The van der Waals surface area contributed by atoms with Gasteiger partial charge in [-0.15, -0.1) is 11.8 Å². The molecule has 2 rings (SSSR count). The Morgan fingerprint density at radius 2 is 2.05 bits per heavy atom. The minimum Gasteiger partial charge on any atom is -0.548 e. The standard InChI is InChI=1S/C15H19NO3S2.Na/c1-10(9-20)14(17)16-8-12(7-13(16)15(18)19)21-11-5-3-2-4-6-11;/h2-6,10,12-13,20H,7-9H2,1H3,(H,18,19);/q;+1/p-1/t10-,12+,13+;/m1./s1. The summed E-state index contributed by atoms with van der Waals surface area (Å²) in [5, 5.41) is 11.4. The van der Waals surface area contributed by atoms with Crippen molar-refractivity contribution >= 4 is 36.3 Å². The number of likely N-dealkylation sites (tertiary alicyclic amines) is 1. The third kappa shape index (κ3) is 4.93. The molecule has 1 aliphatic heterocycles. The number of benzene rings is 1. The summed E-state index contributed by atoms with van der Waals surface area (Å²) in [7, 11) is 0. The number of nitrogens with zero attached hydrogens (tertiary/aromatic N) is 1. The van der Waals surface area contributed by atoms with E-state index < -0.39 is 12.0 Å². The molecule has 0 radical (unpaired) electrons. The monoisotopic (exact) mass is 347 g/mol. The number of hydrogen-bond acceptors (Lipinski definition) is 5. The number of hydrogen-bond donors (Lipinski definition) is 1. The Morgan fingerprint density at radius 1 is 1.41 bits per heavy atom. The maximum absolute atomic E-state index is 12.3. The zero-order valence-electron chi connectivity index (χ0n) is 12.8. The molecule has 1 fully saturated rings. The van der Waals surface area contributed by atoms with E-state index in [9.17, 15) is 14.7 Å². The van der Waals surface area contributed by atoms with Crippen LogP contribution in [0.25, 0.3) is 0 Å². The van der Waals surface area contributed by atoms with Crippen molar-refractivity contribution in [1.82, 2.24) is 4.90 Å². The first-order valence-electron chi connectivity index (χ1n) is 6.86. The number of carbonyl (C=O) groups is 2. The Labute approximate surface area is 162 Å². The van der Waals surface area contributed by atoms with Gasteiger partial charge in [-0.3, -0.25) is 4.79 Å². The number of thioether (sulfide) groups is 1. The minimum absolute atomic E-state index is 0. The molecule has 1 amide bonds. The molecule has 0 N–H and O–H groups in total. The van der Waals surface area contributed by atoms with Crippen molar-refractivity contribution in [2.75, 3.05) is 12.3 Å². The summed E-state index contributed by atoms with van der Waals surface area (Å²) < 4.78 is 0. The van der Waals surface area contributed by atoms with Gasteiger partial charge in [0, 0.05) is 28.4 Å². The summed E-state index contributed by atoms with van der Waals surface area (Å²) in [5.41, 5.74) is 0. The van der Waals surface area contributed by atoms with Crippen LogP contribution in [-0.2, 0) is 9.59 Å².